The molecule has 1 atom stereocenters. The number of hydrogen-bond acceptors (Lipinski definition) is 4. The molecule has 0 unspecified atom stereocenters. The Morgan fingerprint density at radius 2 is 2.21 bits per heavy atom. The van der Waals surface area contributed by atoms with Gasteiger partial charge < -0.3 is 9.30 Å². The first-order valence-electron chi connectivity index (χ1n) is 6.54. The van der Waals surface area contributed by atoms with Crippen LogP contribution in [0, 0.1) is 0 Å². The van der Waals surface area contributed by atoms with Gasteiger partial charge in [-0.15, -0.1) is 0 Å². The van der Waals surface area contributed by atoms with E-state index in [0.29, 0.717) is 19.7 Å². The number of aromatic nitrogens is 2. The average Bonchev–Trinajstić information content (AvgIpc) is 2.80. The van der Waals surface area contributed by atoms with E-state index in [2.05, 4.69) is 9.55 Å². The van der Waals surface area contributed by atoms with Gasteiger partial charge in [0.25, 0.3) is 0 Å². The summed E-state index contributed by atoms with van der Waals surface area (Å²) in [5.74, 6) is 0.962. The molecular weight excluding hydrogens is 266 g/mol. The number of methoxy groups -OCH3 is 1. The van der Waals surface area contributed by atoms with E-state index >= 15 is 0 Å². The molecule has 0 amide bonds. The van der Waals surface area contributed by atoms with Crippen molar-refractivity contribution < 1.29 is 13.2 Å². The molecule has 0 saturated carbocycles. The molecule has 2 rings (SSSR count). The molecule has 2 heterocycles. The minimum Gasteiger partial charge on any atom is -0.384 e. The Morgan fingerprint density at radius 1 is 1.47 bits per heavy atom. The molecule has 1 aliphatic rings. The summed E-state index contributed by atoms with van der Waals surface area (Å²) in [4.78, 5) is 4.39. The number of fused-ring (bicyclic) bond motifs is 1. The van der Waals surface area contributed by atoms with E-state index in [1.807, 2.05) is 13.1 Å². The van der Waals surface area contributed by atoms with Crippen LogP contribution in [0.5, 0.6) is 0 Å². The van der Waals surface area contributed by atoms with Gasteiger partial charge in [-0.05, 0) is 13.8 Å². The van der Waals surface area contributed by atoms with Crippen molar-refractivity contribution in [2.24, 2.45) is 0 Å². The van der Waals surface area contributed by atoms with Crippen LogP contribution in [0.3, 0.4) is 0 Å². The quantitative estimate of drug-likeness (QED) is 0.803. The maximum Gasteiger partial charge on any atom is 0.214 e. The molecule has 0 N–H and O–H groups in total. The van der Waals surface area contributed by atoms with Gasteiger partial charge in [0, 0.05) is 38.5 Å². The molecule has 1 aliphatic heterocycles. The normalized spacial score (nSPS) is 20.5. The Kier molecular flexibility index (Phi) is 4.27. The lowest BCUT2D eigenvalue weighted by atomic mass is 10.2. The van der Waals surface area contributed by atoms with Gasteiger partial charge in [0.2, 0.25) is 10.0 Å². The highest BCUT2D eigenvalue weighted by Crippen LogP contribution is 2.28. The van der Waals surface area contributed by atoms with Crippen LogP contribution in [0.2, 0.25) is 0 Å². The second-order valence-electron chi connectivity index (χ2n) is 4.69. The summed E-state index contributed by atoms with van der Waals surface area (Å²) < 4.78 is 32.8. The third kappa shape index (κ3) is 2.68. The summed E-state index contributed by atoms with van der Waals surface area (Å²) in [7, 11) is -1.49. The average molecular weight is 287 g/mol. The third-order valence-corrected chi connectivity index (χ3v) is 5.55. The second-order valence-corrected chi connectivity index (χ2v) is 6.90. The molecular formula is C12H21N3O3S. The van der Waals surface area contributed by atoms with Crippen molar-refractivity contribution in [2.75, 3.05) is 26.0 Å². The van der Waals surface area contributed by atoms with Gasteiger partial charge in [0.15, 0.2) is 0 Å². The predicted molar refractivity (Wildman–Crippen MR) is 72.4 cm³/mol. The van der Waals surface area contributed by atoms with E-state index in [1.165, 1.54) is 0 Å². The van der Waals surface area contributed by atoms with E-state index < -0.39 is 10.0 Å². The summed E-state index contributed by atoms with van der Waals surface area (Å²) in [6.45, 7) is 5.40. The highest BCUT2D eigenvalue weighted by atomic mass is 32.2. The second kappa shape index (κ2) is 5.60. The summed E-state index contributed by atoms with van der Waals surface area (Å²) in [5.41, 5.74) is 1.11. The zero-order valence-electron chi connectivity index (χ0n) is 11.7. The first kappa shape index (κ1) is 14.5. The summed E-state index contributed by atoms with van der Waals surface area (Å²) in [6, 6.07) is -0.199. The van der Waals surface area contributed by atoms with Crippen LogP contribution in [0.1, 0.15) is 31.4 Å². The SMILES string of the molecule is CCS(=O)(=O)N1CCn2c(CCOC)cnc2[C@@H]1C. The van der Waals surface area contributed by atoms with Gasteiger partial charge in [0.05, 0.1) is 18.4 Å². The standard InChI is InChI=1S/C12H21N3O3S/c1-4-19(16,17)15-7-6-14-11(5-8-18-3)9-13-12(14)10(15)2/h9-10H,4-8H2,1-3H3/t10-/m0/s1. The molecule has 0 saturated heterocycles. The fourth-order valence-corrected chi connectivity index (χ4v) is 3.76. The lowest BCUT2D eigenvalue weighted by molar-refractivity contribution is 0.199. The maximum absolute atomic E-state index is 12.0. The van der Waals surface area contributed by atoms with Gasteiger partial charge in [-0.2, -0.15) is 4.31 Å². The van der Waals surface area contributed by atoms with Gasteiger partial charge in [-0.25, -0.2) is 13.4 Å². The van der Waals surface area contributed by atoms with Gasteiger partial charge in [0.1, 0.15) is 5.82 Å². The third-order valence-electron chi connectivity index (χ3n) is 3.60. The number of nitrogens with zero attached hydrogens (tertiary/aromatic N) is 3. The molecule has 108 valence electrons. The lowest BCUT2D eigenvalue weighted by Gasteiger charge is -2.33. The number of sulfonamides is 1. The van der Waals surface area contributed by atoms with Gasteiger partial charge in [-0.3, -0.25) is 0 Å². The minimum atomic E-state index is -3.17. The van der Waals surface area contributed by atoms with Crippen LogP contribution in [-0.4, -0.2) is 48.3 Å². The molecule has 0 aromatic carbocycles. The summed E-state index contributed by atoms with van der Waals surface area (Å²) in [5, 5.41) is 0. The molecule has 0 aliphatic carbocycles. The maximum atomic E-state index is 12.0. The number of imidazole rings is 1. The fourth-order valence-electron chi connectivity index (χ4n) is 2.49. The number of ether oxygens (including phenoxy) is 1. The van der Waals surface area contributed by atoms with Crippen LogP contribution in [0.4, 0.5) is 0 Å². The first-order chi connectivity index (χ1) is 9.01. The molecule has 6 nitrogen and oxygen atoms in total. The zero-order chi connectivity index (χ0) is 14.0. The highest BCUT2D eigenvalue weighted by Gasteiger charge is 2.33. The lowest BCUT2D eigenvalue weighted by Crippen LogP contribution is -2.42. The molecule has 0 bridgehead atoms. The Labute approximate surface area is 114 Å². The zero-order valence-corrected chi connectivity index (χ0v) is 12.5. The van der Waals surface area contributed by atoms with E-state index in [0.717, 1.165) is 17.9 Å². The Balaban J connectivity index is 2.26. The largest absolute Gasteiger partial charge is 0.384 e. The van der Waals surface area contributed by atoms with Crippen LogP contribution in [0.25, 0.3) is 0 Å². The van der Waals surface area contributed by atoms with E-state index in [9.17, 15) is 8.42 Å². The van der Waals surface area contributed by atoms with Crippen molar-refractivity contribution in [3.63, 3.8) is 0 Å². The molecule has 0 spiro atoms. The van der Waals surface area contributed by atoms with Crippen molar-refractivity contribution in [1.82, 2.24) is 13.9 Å². The molecule has 0 radical (unpaired) electrons. The number of hydrogen-bond donors (Lipinski definition) is 0. The van der Waals surface area contributed by atoms with Crippen molar-refractivity contribution >= 4 is 10.0 Å². The van der Waals surface area contributed by atoms with Crippen LogP contribution >= 0.6 is 0 Å². The van der Waals surface area contributed by atoms with E-state index in [1.54, 1.807) is 18.3 Å². The van der Waals surface area contributed by atoms with Crippen molar-refractivity contribution in [1.29, 1.82) is 0 Å². The molecule has 7 heteroatoms. The highest BCUT2D eigenvalue weighted by molar-refractivity contribution is 7.89. The predicted octanol–water partition coefficient (Wildman–Crippen LogP) is 0.798. The van der Waals surface area contributed by atoms with Crippen molar-refractivity contribution in [3.05, 3.63) is 17.7 Å². The Morgan fingerprint density at radius 3 is 2.84 bits per heavy atom. The Hall–Kier alpha value is -0.920. The van der Waals surface area contributed by atoms with Crippen LogP contribution in [-0.2, 0) is 27.7 Å². The molecule has 0 fully saturated rings. The van der Waals surface area contributed by atoms with Gasteiger partial charge >= 0.3 is 0 Å². The van der Waals surface area contributed by atoms with Crippen LogP contribution < -0.4 is 0 Å². The molecule has 1 aromatic rings. The monoisotopic (exact) mass is 287 g/mol. The number of rotatable bonds is 5. The summed E-state index contributed by atoms with van der Waals surface area (Å²) in [6.07, 6.45) is 2.63. The molecule has 1 aromatic heterocycles. The fraction of sp³-hybridized carbons (Fsp3) is 0.750. The smallest absolute Gasteiger partial charge is 0.214 e. The topological polar surface area (TPSA) is 64.4 Å². The Bertz CT molecular complexity index is 538. The van der Waals surface area contributed by atoms with E-state index in [-0.39, 0.29) is 11.8 Å². The van der Waals surface area contributed by atoms with Gasteiger partial charge in [-0.1, -0.05) is 0 Å². The van der Waals surface area contributed by atoms with Crippen LogP contribution in [0.15, 0.2) is 6.20 Å². The minimum absolute atomic E-state index is 0.134. The van der Waals surface area contributed by atoms with Crippen molar-refractivity contribution in [2.45, 2.75) is 32.9 Å². The molecule has 19 heavy (non-hydrogen) atoms. The summed E-state index contributed by atoms with van der Waals surface area (Å²) >= 11 is 0. The van der Waals surface area contributed by atoms with Crippen molar-refractivity contribution in [3.8, 4) is 0 Å². The first-order valence-corrected chi connectivity index (χ1v) is 8.15. The van der Waals surface area contributed by atoms with E-state index in [4.69, 9.17) is 4.74 Å².